The molecule has 0 fully saturated rings. The lowest BCUT2D eigenvalue weighted by Gasteiger charge is -2.15. The molecule has 3 nitrogen and oxygen atoms in total. The monoisotopic (exact) mass is 193 g/mol. The van der Waals surface area contributed by atoms with Gasteiger partial charge >= 0.3 is 0 Å². The van der Waals surface area contributed by atoms with E-state index in [2.05, 4.69) is 29.1 Å². The third kappa shape index (κ3) is 3.07. The predicted octanol–water partition coefficient (Wildman–Crippen LogP) is 2.24. The molecule has 0 aromatic carbocycles. The normalized spacial score (nSPS) is 12.8. The Hall–Kier alpha value is -0.960. The molecule has 0 saturated heterocycles. The van der Waals surface area contributed by atoms with Gasteiger partial charge in [-0.3, -0.25) is 9.97 Å². The topological polar surface area (TPSA) is 37.8 Å². The molecule has 3 heteroatoms. The van der Waals surface area contributed by atoms with Crippen molar-refractivity contribution in [1.29, 1.82) is 0 Å². The second-order valence-corrected chi connectivity index (χ2v) is 3.48. The van der Waals surface area contributed by atoms with E-state index in [0.717, 1.165) is 30.8 Å². The van der Waals surface area contributed by atoms with E-state index in [1.54, 1.807) is 0 Å². The molecule has 0 amide bonds. The molecule has 1 heterocycles. The van der Waals surface area contributed by atoms with Crippen LogP contribution in [0, 0.1) is 6.92 Å². The van der Waals surface area contributed by atoms with Gasteiger partial charge in [0.25, 0.3) is 0 Å². The van der Waals surface area contributed by atoms with Gasteiger partial charge in [0, 0.05) is 6.20 Å². The highest BCUT2D eigenvalue weighted by Crippen LogP contribution is 2.14. The summed E-state index contributed by atoms with van der Waals surface area (Å²) in [6.07, 6.45) is 5.98. The smallest absolute Gasteiger partial charge is 0.0756 e. The summed E-state index contributed by atoms with van der Waals surface area (Å²) in [4.78, 5) is 8.65. The standard InChI is InChI=1S/C11H19N3/c1-4-6-10(12-5-2)11-8-13-9(3)7-14-11/h7-8,10,12H,4-6H2,1-3H3. The molecule has 1 aromatic heterocycles. The molecule has 1 rings (SSSR count). The van der Waals surface area contributed by atoms with Crippen molar-refractivity contribution in [2.45, 2.75) is 39.7 Å². The number of nitrogens with zero attached hydrogens (tertiary/aromatic N) is 2. The van der Waals surface area contributed by atoms with Crippen LogP contribution in [-0.4, -0.2) is 16.5 Å². The summed E-state index contributed by atoms with van der Waals surface area (Å²) in [7, 11) is 0. The molecule has 0 aliphatic carbocycles. The third-order valence-electron chi connectivity index (χ3n) is 2.19. The van der Waals surface area contributed by atoms with Crippen LogP contribution >= 0.6 is 0 Å². The number of hydrogen-bond acceptors (Lipinski definition) is 3. The second kappa shape index (κ2) is 5.70. The fraction of sp³-hybridized carbons (Fsp3) is 0.636. The van der Waals surface area contributed by atoms with Crippen molar-refractivity contribution in [3.8, 4) is 0 Å². The summed E-state index contributed by atoms with van der Waals surface area (Å²) < 4.78 is 0. The van der Waals surface area contributed by atoms with E-state index in [9.17, 15) is 0 Å². The van der Waals surface area contributed by atoms with Crippen molar-refractivity contribution < 1.29 is 0 Å². The van der Waals surface area contributed by atoms with E-state index >= 15 is 0 Å². The van der Waals surface area contributed by atoms with Crippen LogP contribution in [0.3, 0.4) is 0 Å². The van der Waals surface area contributed by atoms with Crippen molar-refractivity contribution in [2.24, 2.45) is 0 Å². The van der Waals surface area contributed by atoms with E-state index < -0.39 is 0 Å². The Bertz CT molecular complexity index is 250. The van der Waals surface area contributed by atoms with Crippen molar-refractivity contribution in [3.63, 3.8) is 0 Å². The summed E-state index contributed by atoms with van der Waals surface area (Å²) in [5.41, 5.74) is 2.03. The number of hydrogen-bond donors (Lipinski definition) is 1. The van der Waals surface area contributed by atoms with Gasteiger partial charge in [-0.1, -0.05) is 20.3 Å². The zero-order chi connectivity index (χ0) is 10.4. The number of aryl methyl sites for hydroxylation is 1. The van der Waals surface area contributed by atoms with Crippen LogP contribution in [0.2, 0.25) is 0 Å². The lowest BCUT2D eigenvalue weighted by molar-refractivity contribution is 0.496. The van der Waals surface area contributed by atoms with Crippen LogP contribution < -0.4 is 5.32 Å². The van der Waals surface area contributed by atoms with Crippen molar-refractivity contribution in [1.82, 2.24) is 15.3 Å². The van der Waals surface area contributed by atoms with E-state index in [0.29, 0.717) is 6.04 Å². The molecule has 0 bridgehead atoms. The quantitative estimate of drug-likeness (QED) is 0.779. The lowest BCUT2D eigenvalue weighted by Crippen LogP contribution is -2.21. The summed E-state index contributed by atoms with van der Waals surface area (Å²) >= 11 is 0. The van der Waals surface area contributed by atoms with Gasteiger partial charge < -0.3 is 5.32 Å². The van der Waals surface area contributed by atoms with E-state index in [4.69, 9.17) is 0 Å². The SMILES string of the molecule is CCCC(NCC)c1cnc(C)cn1. The molecule has 78 valence electrons. The highest BCUT2D eigenvalue weighted by atomic mass is 14.9. The first-order valence-electron chi connectivity index (χ1n) is 5.29. The number of rotatable bonds is 5. The summed E-state index contributed by atoms with van der Waals surface area (Å²) in [5.74, 6) is 0. The van der Waals surface area contributed by atoms with Crippen molar-refractivity contribution >= 4 is 0 Å². The van der Waals surface area contributed by atoms with Crippen LogP contribution in [0.25, 0.3) is 0 Å². The average Bonchev–Trinajstić information content (AvgIpc) is 2.19. The minimum atomic E-state index is 0.359. The fourth-order valence-corrected chi connectivity index (χ4v) is 1.47. The Morgan fingerprint density at radius 2 is 2.07 bits per heavy atom. The molecule has 1 aromatic rings. The van der Waals surface area contributed by atoms with Crippen LogP contribution in [0.5, 0.6) is 0 Å². The third-order valence-corrected chi connectivity index (χ3v) is 2.19. The molecule has 0 saturated carbocycles. The van der Waals surface area contributed by atoms with E-state index in [1.807, 2.05) is 19.3 Å². The number of aromatic nitrogens is 2. The summed E-state index contributed by atoms with van der Waals surface area (Å²) in [6.45, 7) is 7.23. The van der Waals surface area contributed by atoms with E-state index in [-0.39, 0.29) is 0 Å². The molecule has 0 spiro atoms. The van der Waals surface area contributed by atoms with Gasteiger partial charge in [-0.25, -0.2) is 0 Å². The maximum atomic E-state index is 4.39. The molecule has 14 heavy (non-hydrogen) atoms. The van der Waals surface area contributed by atoms with Gasteiger partial charge in [0.15, 0.2) is 0 Å². The van der Waals surface area contributed by atoms with Gasteiger partial charge in [-0.2, -0.15) is 0 Å². The van der Waals surface area contributed by atoms with Crippen LogP contribution in [0.4, 0.5) is 0 Å². The molecule has 0 aliphatic rings. The molecule has 1 atom stereocenters. The van der Waals surface area contributed by atoms with Gasteiger partial charge in [0.1, 0.15) is 0 Å². The van der Waals surface area contributed by atoms with Crippen LogP contribution in [0.1, 0.15) is 44.1 Å². The Balaban J connectivity index is 2.71. The first kappa shape index (κ1) is 11.1. The average molecular weight is 193 g/mol. The Morgan fingerprint density at radius 3 is 2.57 bits per heavy atom. The zero-order valence-electron chi connectivity index (χ0n) is 9.25. The lowest BCUT2D eigenvalue weighted by atomic mass is 10.1. The predicted molar refractivity (Wildman–Crippen MR) is 58.1 cm³/mol. The maximum Gasteiger partial charge on any atom is 0.0756 e. The highest BCUT2D eigenvalue weighted by Gasteiger charge is 2.10. The summed E-state index contributed by atoms with van der Waals surface area (Å²) in [6, 6.07) is 0.359. The molecule has 1 unspecified atom stereocenters. The largest absolute Gasteiger partial charge is 0.309 e. The highest BCUT2D eigenvalue weighted by molar-refractivity contribution is 5.05. The molecule has 0 radical (unpaired) electrons. The van der Waals surface area contributed by atoms with Gasteiger partial charge in [-0.05, 0) is 19.9 Å². The second-order valence-electron chi connectivity index (χ2n) is 3.48. The molecular formula is C11H19N3. The minimum absolute atomic E-state index is 0.359. The molecule has 1 N–H and O–H groups in total. The van der Waals surface area contributed by atoms with Gasteiger partial charge in [-0.15, -0.1) is 0 Å². The summed E-state index contributed by atoms with van der Waals surface area (Å²) in [5, 5.41) is 3.42. The van der Waals surface area contributed by atoms with Crippen LogP contribution in [-0.2, 0) is 0 Å². The molecular weight excluding hydrogens is 174 g/mol. The van der Waals surface area contributed by atoms with Crippen molar-refractivity contribution in [2.75, 3.05) is 6.54 Å². The first-order valence-corrected chi connectivity index (χ1v) is 5.29. The zero-order valence-corrected chi connectivity index (χ0v) is 9.25. The van der Waals surface area contributed by atoms with Gasteiger partial charge in [0.2, 0.25) is 0 Å². The Morgan fingerprint density at radius 1 is 1.29 bits per heavy atom. The first-order chi connectivity index (χ1) is 6.77. The fourth-order valence-electron chi connectivity index (χ4n) is 1.47. The van der Waals surface area contributed by atoms with Crippen molar-refractivity contribution in [3.05, 3.63) is 23.8 Å². The Kier molecular flexibility index (Phi) is 4.53. The van der Waals surface area contributed by atoms with E-state index in [1.165, 1.54) is 0 Å². The van der Waals surface area contributed by atoms with Crippen LogP contribution in [0.15, 0.2) is 12.4 Å². The van der Waals surface area contributed by atoms with Gasteiger partial charge in [0.05, 0.1) is 23.6 Å². The number of nitrogens with one attached hydrogen (secondary N) is 1. The Labute approximate surface area is 86.0 Å². The molecule has 0 aliphatic heterocycles. The minimum Gasteiger partial charge on any atom is -0.309 e. The maximum absolute atomic E-state index is 4.39.